The molecule has 0 N–H and O–H groups in total. The molecule has 5 nitrogen and oxygen atoms in total. The van der Waals surface area contributed by atoms with Gasteiger partial charge in [-0.1, -0.05) is 0 Å². The molecule has 148 valence electrons. The molecule has 0 bridgehead atoms. The Morgan fingerprint density at radius 2 is 1.61 bits per heavy atom. The predicted octanol–water partition coefficient (Wildman–Crippen LogP) is 3.54. The number of rotatable bonds is 7. The van der Waals surface area contributed by atoms with Crippen LogP contribution in [0.5, 0.6) is 5.75 Å². The summed E-state index contributed by atoms with van der Waals surface area (Å²) in [4.78, 5) is 27.7. The second kappa shape index (κ2) is 9.35. The SMILES string of the molecule is CC(=O)c1ccc(OCCCC(=O)N2CCN(c3ccc(F)cc3)CC2)cc1. The molecule has 6 heteroatoms. The highest BCUT2D eigenvalue weighted by atomic mass is 19.1. The van der Waals surface area contributed by atoms with Crippen molar-refractivity contribution in [2.45, 2.75) is 19.8 Å². The molecule has 0 unspecified atom stereocenters. The lowest BCUT2D eigenvalue weighted by atomic mass is 10.1. The number of halogens is 1. The van der Waals surface area contributed by atoms with Crippen LogP contribution >= 0.6 is 0 Å². The van der Waals surface area contributed by atoms with Crippen LogP contribution in [0, 0.1) is 5.82 Å². The molecule has 1 aliphatic heterocycles. The van der Waals surface area contributed by atoms with E-state index in [1.807, 2.05) is 4.90 Å². The molecule has 1 fully saturated rings. The number of carbonyl (C=O) groups is 2. The Kier molecular flexibility index (Phi) is 6.63. The summed E-state index contributed by atoms with van der Waals surface area (Å²) in [6.45, 7) is 4.82. The Morgan fingerprint density at radius 3 is 2.21 bits per heavy atom. The summed E-state index contributed by atoms with van der Waals surface area (Å²) >= 11 is 0. The molecule has 1 saturated heterocycles. The van der Waals surface area contributed by atoms with Crippen LogP contribution in [0.25, 0.3) is 0 Å². The van der Waals surface area contributed by atoms with E-state index in [2.05, 4.69) is 4.90 Å². The molecule has 1 aliphatic rings. The van der Waals surface area contributed by atoms with Crippen LogP contribution in [0.4, 0.5) is 10.1 Å². The largest absolute Gasteiger partial charge is 0.494 e. The van der Waals surface area contributed by atoms with E-state index in [4.69, 9.17) is 4.74 Å². The first-order chi connectivity index (χ1) is 13.5. The number of ether oxygens (including phenoxy) is 1. The standard InChI is InChI=1S/C22H25FN2O3/c1-17(26)18-4-10-21(11-5-18)28-16-2-3-22(27)25-14-12-24(13-15-25)20-8-6-19(23)7-9-20/h4-11H,2-3,12-16H2,1H3. The van der Waals surface area contributed by atoms with Crippen LogP contribution < -0.4 is 9.64 Å². The third kappa shape index (κ3) is 5.31. The van der Waals surface area contributed by atoms with Crippen molar-refractivity contribution in [2.75, 3.05) is 37.7 Å². The summed E-state index contributed by atoms with van der Waals surface area (Å²) in [6.07, 6.45) is 1.09. The number of ketones is 1. The zero-order valence-corrected chi connectivity index (χ0v) is 16.1. The minimum Gasteiger partial charge on any atom is -0.494 e. The van der Waals surface area contributed by atoms with E-state index in [9.17, 15) is 14.0 Å². The molecular formula is C22H25FN2O3. The first-order valence-electron chi connectivity index (χ1n) is 9.55. The van der Waals surface area contributed by atoms with Crippen molar-refractivity contribution < 1.29 is 18.7 Å². The van der Waals surface area contributed by atoms with Gasteiger partial charge in [-0.25, -0.2) is 4.39 Å². The normalized spacial score (nSPS) is 14.1. The second-order valence-electron chi connectivity index (χ2n) is 6.88. The second-order valence-corrected chi connectivity index (χ2v) is 6.88. The van der Waals surface area contributed by atoms with Crippen LogP contribution in [0.2, 0.25) is 0 Å². The van der Waals surface area contributed by atoms with Gasteiger partial charge < -0.3 is 14.5 Å². The van der Waals surface area contributed by atoms with Crippen molar-refractivity contribution in [3.05, 3.63) is 59.9 Å². The monoisotopic (exact) mass is 384 g/mol. The Bertz CT molecular complexity index is 798. The number of nitrogens with zero attached hydrogens (tertiary/aromatic N) is 2. The number of hydrogen-bond donors (Lipinski definition) is 0. The number of amides is 1. The third-order valence-corrected chi connectivity index (χ3v) is 4.89. The number of hydrogen-bond acceptors (Lipinski definition) is 4. The third-order valence-electron chi connectivity index (χ3n) is 4.89. The topological polar surface area (TPSA) is 49.9 Å². The molecule has 0 aliphatic carbocycles. The van der Waals surface area contributed by atoms with E-state index < -0.39 is 0 Å². The molecule has 0 radical (unpaired) electrons. The van der Waals surface area contributed by atoms with Gasteiger partial charge in [0.15, 0.2) is 5.78 Å². The minimum atomic E-state index is -0.241. The van der Waals surface area contributed by atoms with Crippen molar-refractivity contribution >= 4 is 17.4 Å². The van der Waals surface area contributed by atoms with Crippen LogP contribution in [0.1, 0.15) is 30.1 Å². The molecule has 2 aromatic carbocycles. The van der Waals surface area contributed by atoms with Gasteiger partial charge in [0.2, 0.25) is 5.91 Å². The smallest absolute Gasteiger partial charge is 0.222 e. The molecule has 0 saturated carbocycles. The summed E-state index contributed by atoms with van der Waals surface area (Å²) in [5.74, 6) is 0.617. The Hall–Kier alpha value is -2.89. The maximum atomic E-state index is 13.0. The van der Waals surface area contributed by atoms with Gasteiger partial charge in [-0.2, -0.15) is 0 Å². The lowest BCUT2D eigenvalue weighted by molar-refractivity contribution is -0.131. The fourth-order valence-corrected chi connectivity index (χ4v) is 3.22. The van der Waals surface area contributed by atoms with E-state index in [1.54, 1.807) is 36.4 Å². The Labute approximate surface area is 164 Å². The zero-order valence-electron chi connectivity index (χ0n) is 16.1. The van der Waals surface area contributed by atoms with E-state index >= 15 is 0 Å². The number of benzene rings is 2. The van der Waals surface area contributed by atoms with Crippen LogP contribution in [-0.2, 0) is 4.79 Å². The summed E-state index contributed by atoms with van der Waals surface area (Å²) in [5.41, 5.74) is 1.64. The van der Waals surface area contributed by atoms with Crippen molar-refractivity contribution in [1.29, 1.82) is 0 Å². The van der Waals surface area contributed by atoms with Gasteiger partial charge in [0.05, 0.1) is 6.61 Å². The maximum Gasteiger partial charge on any atom is 0.222 e. The van der Waals surface area contributed by atoms with Crippen molar-refractivity contribution in [2.24, 2.45) is 0 Å². The quantitative estimate of drug-likeness (QED) is 0.541. The van der Waals surface area contributed by atoms with Gasteiger partial charge in [0.1, 0.15) is 11.6 Å². The number of Topliss-reactive ketones (excluding diaryl/α,β-unsaturated/α-hetero) is 1. The minimum absolute atomic E-state index is 0.0247. The molecule has 1 heterocycles. The van der Waals surface area contributed by atoms with Crippen LogP contribution in [0.15, 0.2) is 48.5 Å². The molecule has 2 aromatic rings. The molecule has 1 amide bonds. The van der Waals surface area contributed by atoms with Gasteiger partial charge in [-0.15, -0.1) is 0 Å². The first-order valence-corrected chi connectivity index (χ1v) is 9.55. The molecule has 28 heavy (non-hydrogen) atoms. The van der Waals surface area contributed by atoms with Gasteiger partial charge in [-0.05, 0) is 61.9 Å². The van der Waals surface area contributed by atoms with Crippen molar-refractivity contribution in [3.8, 4) is 5.75 Å². The molecule has 0 aromatic heterocycles. The average Bonchev–Trinajstić information content (AvgIpc) is 2.72. The van der Waals surface area contributed by atoms with E-state index in [0.717, 1.165) is 18.8 Å². The van der Waals surface area contributed by atoms with E-state index in [0.29, 0.717) is 43.9 Å². The van der Waals surface area contributed by atoms with E-state index in [1.165, 1.54) is 19.1 Å². The molecule has 0 spiro atoms. The van der Waals surface area contributed by atoms with Gasteiger partial charge in [-0.3, -0.25) is 9.59 Å². The summed E-state index contributed by atoms with van der Waals surface area (Å²) in [7, 11) is 0. The highest BCUT2D eigenvalue weighted by Gasteiger charge is 2.20. The number of piperazine rings is 1. The summed E-state index contributed by atoms with van der Waals surface area (Å²) < 4.78 is 18.7. The first kappa shape index (κ1) is 19.9. The molecular weight excluding hydrogens is 359 g/mol. The molecule has 3 rings (SSSR count). The lowest BCUT2D eigenvalue weighted by Crippen LogP contribution is -2.48. The predicted molar refractivity (Wildman–Crippen MR) is 106 cm³/mol. The summed E-state index contributed by atoms with van der Waals surface area (Å²) in [6, 6.07) is 13.5. The van der Waals surface area contributed by atoms with Crippen molar-refractivity contribution in [3.63, 3.8) is 0 Å². The lowest BCUT2D eigenvalue weighted by Gasteiger charge is -2.36. The van der Waals surface area contributed by atoms with Gasteiger partial charge in [0.25, 0.3) is 0 Å². The van der Waals surface area contributed by atoms with Crippen LogP contribution in [0.3, 0.4) is 0 Å². The van der Waals surface area contributed by atoms with Crippen molar-refractivity contribution in [1.82, 2.24) is 4.90 Å². The fraction of sp³-hybridized carbons (Fsp3) is 0.364. The van der Waals surface area contributed by atoms with Crippen LogP contribution in [-0.4, -0.2) is 49.4 Å². The Balaban J connectivity index is 1.36. The van der Waals surface area contributed by atoms with Gasteiger partial charge in [0, 0.05) is 43.9 Å². The number of carbonyl (C=O) groups excluding carboxylic acids is 2. The van der Waals surface area contributed by atoms with Gasteiger partial charge >= 0.3 is 0 Å². The van der Waals surface area contributed by atoms with E-state index in [-0.39, 0.29) is 17.5 Å². The Morgan fingerprint density at radius 1 is 0.964 bits per heavy atom. The average molecular weight is 384 g/mol. The summed E-state index contributed by atoms with van der Waals surface area (Å²) in [5, 5.41) is 0. The highest BCUT2D eigenvalue weighted by molar-refractivity contribution is 5.94. The molecule has 0 atom stereocenters. The number of anilines is 1. The highest BCUT2D eigenvalue weighted by Crippen LogP contribution is 2.18. The zero-order chi connectivity index (χ0) is 19.9. The fourth-order valence-electron chi connectivity index (χ4n) is 3.22. The maximum absolute atomic E-state index is 13.0.